The minimum atomic E-state index is -2.29. The zero-order chi connectivity index (χ0) is 15.7. The van der Waals surface area contributed by atoms with E-state index in [1.807, 2.05) is 0 Å². The van der Waals surface area contributed by atoms with Crippen molar-refractivity contribution >= 4 is 0 Å². The highest BCUT2D eigenvalue weighted by Gasteiger charge is 2.13. The highest BCUT2D eigenvalue weighted by Crippen LogP contribution is 2.32. The van der Waals surface area contributed by atoms with Crippen molar-refractivity contribution < 1.29 is 17.7 Å². The molecule has 3 heteroatoms. The van der Waals surface area contributed by atoms with Gasteiger partial charge in [0.1, 0.15) is 0 Å². The fraction of sp³-hybridized carbons (Fsp3) is 0.500. The molecule has 15 heavy (non-hydrogen) atoms. The second-order valence-corrected chi connectivity index (χ2v) is 3.33. The topological polar surface area (TPSA) is 30.5 Å². The van der Waals surface area contributed by atoms with Gasteiger partial charge in [-0.2, -0.15) is 0 Å². The van der Waals surface area contributed by atoms with Crippen LogP contribution in [0.15, 0.2) is 18.2 Å². The Kier molecular flexibility index (Phi) is 1.58. The minimum absolute atomic E-state index is 0.152. The lowest BCUT2D eigenvalue weighted by Gasteiger charge is -2.12. The van der Waals surface area contributed by atoms with E-state index in [4.69, 9.17) is 17.7 Å². The molecule has 0 saturated heterocycles. The Bertz CT molecular complexity index is 500. The molecule has 2 rings (SSSR count). The predicted molar refractivity (Wildman–Crippen MR) is 59.4 cm³/mol. The number of ether oxygens (including phenoxy) is 2. The molecule has 0 spiro atoms. The summed E-state index contributed by atoms with van der Waals surface area (Å²) < 4.78 is 54.5. The van der Waals surface area contributed by atoms with Gasteiger partial charge in [-0.05, 0) is 37.5 Å². The quantitative estimate of drug-likeness (QED) is 0.829. The van der Waals surface area contributed by atoms with Crippen LogP contribution < -0.4 is 14.8 Å². The Morgan fingerprint density at radius 3 is 3.27 bits per heavy atom. The molecule has 3 nitrogen and oxygen atoms in total. The lowest BCUT2D eigenvalue weighted by molar-refractivity contribution is 0.174. The van der Waals surface area contributed by atoms with Crippen molar-refractivity contribution in [3.63, 3.8) is 0 Å². The van der Waals surface area contributed by atoms with Crippen molar-refractivity contribution in [3.8, 4) is 11.5 Å². The van der Waals surface area contributed by atoms with Crippen LogP contribution in [0.25, 0.3) is 0 Å². The van der Waals surface area contributed by atoms with Crippen LogP contribution in [0.3, 0.4) is 0 Å². The van der Waals surface area contributed by atoms with E-state index >= 15 is 0 Å². The first-order chi connectivity index (χ1) is 9.65. The van der Waals surface area contributed by atoms with Gasteiger partial charge in [0, 0.05) is 14.3 Å². The van der Waals surface area contributed by atoms with E-state index in [0.717, 1.165) is 5.56 Å². The Balaban J connectivity index is 2.08. The lowest BCUT2D eigenvalue weighted by Crippen LogP contribution is -2.27. The summed E-state index contributed by atoms with van der Waals surface area (Å²) in [5.74, 6) is 1.20. The first-order valence-electron chi connectivity index (χ1n) is 7.77. The second kappa shape index (κ2) is 4.53. The maximum atomic E-state index is 7.53. The lowest BCUT2D eigenvalue weighted by atomic mass is 10.1. The van der Waals surface area contributed by atoms with Gasteiger partial charge < -0.3 is 14.8 Å². The molecule has 0 bridgehead atoms. The van der Waals surface area contributed by atoms with Crippen molar-refractivity contribution in [2.45, 2.75) is 26.2 Å². The number of nitrogens with one attached hydrogen (secondary N) is 1. The van der Waals surface area contributed by atoms with E-state index < -0.39 is 19.7 Å². The Morgan fingerprint density at radius 2 is 2.40 bits per heavy atom. The molecule has 1 N–H and O–H groups in total. The molecule has 1 aromatic rings. The third-order valence-electron chi connectivity index (χ3n) is 2.23. The molecular weight excluding hydrogens is 190 g/mol. The summed E-state index contributed by atoms with van der Waals surface area (Å²) in [5, 5.41) is 2.62. The summed E-state index contributed by atoms with van der Waals surface area (Å²) in [6, 6.07) is 4.26. The molecule has 1 unspecified atom stereocenters. The highest BCUT2D eigenvalue weighted by atomic mass is 16.7. The molecule has 0 saturated carbocycles. The minimum Gasteiger partial charge on any atom is -0.454 e. The van der Waals surface area contributed by atoms with E-state index in [0.29, 0.717) is 11.5 Å². The third kappa shape index (κ3) is 2.42. The molecule has 0 radical (unpaired) electrons. The number of likely N-dealkylation sites (N-methyl/N-ethyl adjacent to an activating group) is 1. The molecule has 1 aliphatic heterocycles. The molecule has 1 aromatic carbocycles. The van der Waals surface area contributed by atoms with Crippen molar-refractivity contribution in [2.75, 3.05) is 13.3 Å². The summed E-state index contributed by atoms with van der Waals surface area (Å²) in [4.78, 5) is 0. The van der Waals surface area contributed by atoms with E-state index in [1.54, 1.807) is 18.2 Å². The van der Waals surface area contributed by atoms with Gasteiger partial charge >= 0.3 is 0 Å². The highest BCUT2D eigenvalue weighted by molar-refractivity contribution is 5.44. The molecule has 0 aromatic heterocycles. The first kappa shape index (κ1) is 5.21. The summed E-state index contributed by atoms with van der Waals surface area (Å²) in [7, 11) is 0. The molecule has 0 amide bonds. The zero-order valence-electron chi connectivity index (χ0n) is 14.2. The molecule has 0 fully saturated rings. The number of benzene rings is 1. The van der Waals surface area contributed by atoms with Gasteiger partial charge in [-0.1, -0.05) is 12.9 Å². The average molecular weight is 213 g/mol. The van der Waals surface area contributed by atoms with E-state index in [1.165, 1.54) is 0 Å². The molecule has 1 heterocycles. The predicted octanol–water partition coefficient (Wildman–Crippen LogP) is 1.96. The Morgan fingerprint density at radius 1 is 1.47 bits per heavy atom. The van der Waals surface area contributed by atoms with Gasteiger partial charge in [0.15, 0.2) is 11.5 Å². The van der Waals surface area contributed by atoms with E-state index in [2.05, 4.69) is 5.32 Å². The van der Waals surface area contributed by atoms with Crippen molar-refractivity contribution in [1.29, 1.82) is 0 Å². The van der Waals surface area contributed by atoms with Gasteiger partial charge in [-0.3, -0.25) is 0 Å². The third-order valence-corrected chi connectivity index (χ3v) is 2.23. The first-order valence-corrected chi connectivity index (χ1v) is 4.77. The standard InChI is InChI=1S/C12H17NO2/c1-3-13-9(2)6-10-4-5-11-12(7-10)15-8-14-11/h4-5,7,9,13H,3,6,8H2,1-2H3/i1D3,2D3. The maximum absolute atomic E-state index is 7.53. The van der Waals surface area contributed by atoms with Crippen LogP contribution in [0.2, 0.25) is 0 Å². The number of fused-ring (bicyclic) bond motifs is 1. The number of hydrogen-bond acceptors (Lipinski definition) is 3. The maximum Gasteiger partial charge on any atom is 0.231 e. The van der Waals surface area contributed by atoms with Gasteiger partial charge in [0.25, 0.3) is 0 Å². The zero-order valence-corrected chi connectivity index (χ0v) is 8.25. The van der Waals surface area contributed by atoms with E-state index in [9.17, 15) is 0 Å². The summed E-state index contributed by atoms with van der Waals surface area (Å²) in [6.07, 6.45) is 0.184. The fourth-order valence-corrected chi connectivity index (χ4v) is 1.50. The van der Waals surface area contributed by atoms with Gasteiger partial charge in [-0.25, -0.2) is 0 Å². The van der Waals surface area contributed by atoms with Gasteiger partial charge in [0.05, 0.1) is 0 Å². The Labute approximate surface area is 98.8 Å². The SMILES string of the molecule is [2H]C([2H])([2H])CNC(Cc1ccc2c(c1)OCO2)C([2H])([2H])[2H]. The largest absolute Gasteiger partial charge is 0.454 e. The second-order valence-electron chi connectivity index (χ2n) is 3.33. The van der Waals surface area contributed by atoms with Crippen LogP contribution in [0.5, 0.6) is 11.5 Å². The summed E-state index contributed by atoms with van der Waals surface area (Å²) >= 11 is 0. The van der Waals surface area contributed by atoms with E-state index in [-0.39, 0.29) is 19.8 Å². The monoisotopic (exact) mass is 213 g/mol. The van der Waals surface area contributed by atoms with Crippen LogP contribution in [-0.4, -0.2) is 19.4 Å². The van der Waals surface area contributed by atoms with Crippen LogP contribution >= 0.6 is 0 Å². The van der Waals surface area contributed by atoms with Crippen LogP contribution in [0.4, 0.5) is 0 Å². The smallest absolute Gasteiger partial charge is 0.231 e. The van der Waals surface area contributed by atoms with Crippen molar-refractivity contribution in [3.05, 3.63) is 23.8 Å². The molecule has 82 valence electrons. The fourth-order valence-electron chi connectivity index (χ4n) is 1.50. The normalized spacial score (nSPS) is 22.9. The van der Waals surface area contributed by atoms with Gasteiger partial charge in [-0.15, -0.1) is 0 Å². The number of rotatable bonds is 4. The van der Waals surface area contributed by atoms with Crippen LogP contribution in [0, 0.1) is 0 Å². The average Bonchev–Trinajstić information content (AvgIpc) is 2.79. The number of hydrogen-bond donors (Lipinski definition) is 1. The summed E-state index contributed by atoms with van der Waals surface area (Å²) in [5.41, 5.74) is 0.749. The van der Waals surface area contributed by atoms with Crippen LogP contribution in [-0.2, 0) is 6.42 Å². The summed E-state index contributed by atoms with van der Waals surface area (Å²) in [6.45, 7) is -4.70. The van der Waals surface area contributed by atoms with Crippen molar-refractivity contribution in [2.24, 2.45) is 0 Å². The molecule has 1 atom stereocenters. The Hall–Kier alpha value is -1.22. The van der Waals surface area contributed by atoms with Gasteiger partial charge in [0.2, 0.25) is 6.79 Å². The van der Waals surface area contributed by atoms with Crippen molar-refractivity contribution in [1.82, 2.24) is 5.32 Å². The van der Waals surface area contributed by atoms with Crippen LogP contribution in [0.1, 0.15) is 27.5 Å². The molecular formula is C12H17NO2. The molecule has 1 aliphatic rings. The molecule has 0 aliphatic carbocycles.